The van der Waals surface area contributed by atoms with Crippen LogP contribution >= 0.6 is 11.6 Å². The van der Waals surface area contributed by atoms with E-state index in [-0.39, 0.29) is 11.4 Å². The van der Waals surface area contributed by atoms with E-state index < -0.39 is 0 Å². The molecule has 1 aliphatic rings. The summed E-state index contributed by atoms with van der Waals surface area (Å²) in [5.74, 6) is 0.219. The second kappa shape index (κ2) is 6.00. The first kappa shape index (κ1) is 16.1. The van der Waals surface area contributed by atoms with Crippen LogP contribution in [0.15, 0.2) is 30.3 Å². The molecule has 3 rings (SSSR count). The number of hydrogen-bond donors (Lipinski definition) is 1. The first-order valence-corrected chi connectivity index (χ1v) is 8.50. The molecule has 0 unspecified atom stereocenters. The number of carbonyl (C=O) groups is 1. The average Bonchev–Trinajstić information content (AvgIpc) is 3.15. The molecule has 1 amide bonds. The number of amides is 1. The van der Waals surface area contributed by atoms with Crippen LogP contribution in [0.5, 0.6) is 0 Å². The summed E-state index contributed by atoms with van der Waals surface area (Å²) in [4.78, 5) is 12.8. The Hall–Kier alpha value is -1.81. The van der Waals surface area contributed by atoms with E-state index in [0.717, 1.165) is 24.1 Å². The van der Waals surface area contributed by atoms with Gasteiger partial charge in [0, 0.05) is 11.6 Å². The lowest BCUT2D eigenvalue weighted by atomic mass is 10.0. The molecule has 2 aromatic rings. The molecule has 0 bridgehead atoms. The van der Waals surface area contributed by atoms with Crippen LogP contribution in [0, 0.1) is 0 Å². The Morgan fingerprint density at radius 2 is 2.09 bits per heavy atom. The number of rotatable bonds is 5. The van der Waals surface area contributed by atoms with Crippen LogP contribution in [-0.2, 0) is 12.1 Å². The summed E-state index contributed by atoms with van der Waals surface area (Å²) >= 11 is 6.31. The summed E-state index contributed by atoms with van der Waals surface area (Å²) < 4.78 is 1.77. The van der Waals surface area contributed by atoms with Gasteiger partial charge in [0.1, 0.15) is 5.69 Å². The van der Waals surface area contributed by atoms with E-state index in [9.17, 15) is 4.79 Å². The Labute approximate surface area is 141 Å². The second-order valence-electron chi connectivity index (χ2n) is 6.44. The molecule has 23 heavy (non-hydrogen) atoms. The number of aromatic nitrogens is 2. The zero-order chi connectivity index (χ0) is 16.6. The van der Waals surface area contributed by atoms with E-state index in [1.165, 1.54) is 0 Å². The lowest BCUT2D eigenvalue weighted by Crippen LogP contribution is -2.36. The fraction of sp³-hybridized carbons (Fsp3) is 0.444. The van der Waals surface area contributed by atoms with E-state index in [1.807, 2.05) is 37.3 Å². The first-order chi connectivity index (χ1) is 11.0. The topological polar surface area (TPSA) is 46.9 Å². The lowest BCUT2D eigenvalue weighted by Gasteiger charge is -2.19. The highest BCUT2D eigenvalue weighted by molar-refractivity contribution is 6.31. The van der Waals surface area contributed by atoms with Crippen molar-refractivity contribution in [2.24, 2.45) is 0 Å². The molecular formula is C18H22ClN3O. The molecule has 1 aromatic heterocycles. The molecule has 0 atom stereocenters. The normalized spacial score (nSPS) is 15.7. The SMILES string of the molecule is CCn1nc(C(C)C)cc1C(=O)NC1(c2ccccc2Cl)CC1. The van der Waals surface area contributed by atoms with Crippen molar-refractivity contribution in [3.05, 3.63) is 52.3 Å². The van der Waals surface area contributed by atoms with Gasteiger partial charge in [-0.25, -0.2) is 0 Å². The maximum Gasteiger partial charge on any atom is 0.270 e. The first-order valence-electron chi connectivity index (χ1n) is 8.12. The van der Waals surface area contributed by atoms with Gasteiger partial charge in [-0.3, -0.25) is 9.48 Å². The minimum absolute atomic E-state index is 0.0799. The summed E-state index contributed by atoms with van der Waals surface area (Å²) in [7, 11) is 0. The van der Waals surface area contributed by atoms with Gasteiger partial charge < -0.3 is 5.32 Å². The van der Waals surface area contributed by atoms with Gasteiger partial charge in [0.15, 0.2) is 0 Å². The van der Waals surface area contributed by atoms with Crippen LogP contribution in [0.25, 0.3) is 0 Å². The van der Waals surface area contributed by atoms with Crippen molar-refractivity contribution in [1.29, 1.82) is 0 Å². The van der Waals surface area contributed by atoms with Gasteiger partial charge in [-0.05, 0) is 43.4 Å². The van der Waals surface area contributed by atoms with Crippen molar-refractivity contribution in [3.63, 3.8) is 0 Å². The highest BCUT2D eigenvalue weighted by Crippen LogP contribution is 2.48. The molecule has 1 fully saturated rings. The number of aryl methyl sites for hydroxylation is 1. The molecular weight excluding hydrogens is 310 g/mol. The average molecular weight is 332 g/mol. The van der Waals surface area contributed by atoms with Crippen LogP contribution in [0.1, 0.15) is 61.3 Å². The summed E-state index contributed by atoms with van der Waals surface area (Å²) in [5.41, 5.74) is 2.24. The molecule has 1 heterocycles. The Bertz CT molecular complexity index is 732. The Morgan fingerprint density at radius 1 is 1.39 bits per heavy atom. The van der Waals surface area contributed by atoms with Crippen molar-refractivity contribution in [2.75, 3.05) is 0 Å². The number of carbonyl (C=O) groups excluding carboxylic acids is 1. The van der Waals surface area contributed by atoms with Crippen LogP contribution in [-0.4, -0.2) is 15.7 Å². The second-order valence-corrected chi connectivity index (χ2v) is 6.85. The molecule has 122 valence electrons. The molecule has 5 heteroatoms. The molecule has 1 aromatic carbocycles. The zero-order valence-corrected chi connectivity index (χ0v) is 14.5. The third-order valence-electron chi connectivity index (χ3n) is 4.41. The lowest BCUT2D eigenvalue weighted by molar-refractivity contribution is 0.0920. The van der Waals surface area contributed by atoms with E-state index in [0.29, 0.717) is 23.2 Å². The minimum Gasteiger partial charge on any atom is -0.341 e. The maximum absolute atomic E-state index is 12.8. The van der Waals surface area contributed by atoms with E-state index in [2.05, 4.69) is 24.3 Å². The van der Waals surface area contributed by atoms with Gasteiger partial charge >= 0.3 is 0 Å². The molecule has 0 spiro atoms. The van der Waals surface area contributed by atoms with Gasteiger partial charge in [-0.2, -0.15) is 5.10 Å². The fourth-order valence-electron chi connectivity index (χ4n) is 2.86. The van der Waals surface area contributed by atoms with Crippen molar-refractivity contribution in [2.45, 2.75) is 51.6 Å². The largest absolute Gasteiger partial charge is 0.341 e. The third kappa shape index (κ3) is 3.00. The van der Waals surface area contributed by atoms with Gasteiger partial charge in [-0.15, -0.1) is 0 Å². The zero-order valence-electron chi connectivity index (χ0n) is 13.8. The summed E-state index contributed by atoms with van der Waals surface area (Å²) in [6.07, 6.45) is 1.83. The number of nitrogens with zero attached hydrogens (tertiary/aromatic N) is 2. The molecule has 0 aliphatic heterocycles. The van der Waals surface area contributed by atoms with Gasteiger partial charge in [0.05, 0.1) is 11.2 Å². The van der Waals surface area contributed by atoms with Crippen molar-refractivity contribution in [3.8, 4) is 0 Å². The van der Waals surface area contributed by atoms with Crippen molar-refractivity contribution in [1.82, 2.24) is 15.1 Å². The fourth-order valence-corrected chi connectivity index (χ4v) is 3.18. The van der Waals surface area contributed by atoms with E-state index in [1.54, 1.807) is 4.68 Å². The van der Waals surface area contributed by atoms with Crippen LogP contribution in [0.3, 0.4) is 0 Å². The number of hydrogen-bond acceptors (Lipinski definition) is 2. The minimum atomic E-state index is -0.323. The van der Waals surface area contributed by atoms with Gasteiger partial charge in [0.2, 0.25) is 0 Å². The summed E-state index contributed by atoms with van der Waals surface area (Å²) in [5, 5.41) is 8.41. The monoisotopic (exact) mass is 331 g/mol. The number of nitrogens with one attached hydrogen (secondary N) is 1. The predicted molar refractivity (Wildman–Crippen MR) is 91.8 cm³/mol. The Morgan fingerprint density at radius 3 is 2.65 bits per heavy atom. The van der Waals surface area contributed by atoms with Gasteiger partial charge in [0.25, 0.3) is 5.91 Å². The molecule has 1 aliphatic carbocycles. The maximum atomic E-state index is 12.8. The molecule has 0 saturated heterocycles. The molecule has 1 saturated carbocycles. The summed E-state index contributed by atoms with van der Waals surface area (Å²) in [6.45, 7) is 6.83. The third-order valence-corrected chi connectivity index (χ3v) is 4.74. The number of benzene rings is 1. The summed E-state index contributed by atoms with van der Waals surface area (Å²) in [6, 6.07) is 9.63. The molecule has 1 N–H and O–H groups in total. The Balaban J connectivity index is 1.86. The van der Waals surface area contributed by atoms with Crippen LogP contribution in [0.4, 0.5) is 0 Å². The smallest absolute Gasteiger partial charge is 0.270 e. The van der Waals surface area contributed by atoms with E-state index >= 15 is 0 Å². The molecule has 4 nitrogen and oxygen atoms in total. The highest BCUT2D eigenvalue weighted by atomic mass is 35.5. The quantitative estimate of drug-likeness (QED) is 0.896. The molecule has 0 radical (unpaired) electrons. The Kier molecular flexibility index (Phi) is 4.19. The van der Waals surface area contributed by atoms with Crippen molar-refractivity contribution < 1.29 is 4.79 Å². The standard InChI is InChI=1S/C18H22ClN3O/c1-4-22-16(11-15(21-22)12(2)3)17(23)20-18(9-10-18)13-7-5-6-8-14(13)19/h5-8,11-12H,4,9-10H2,1-3H3,(H,20,23). The van der Waals surface area contributed by atoms with Crippen molar-refractivity contribution >= 4 is 17.5 Å². The van der Waals surface area contributed by atoms with Gasteiger partial charge in [-0.1, -0.05) is 43.6 Å². The van der Waals surface area contributed by atoms with Crippen LogP contribution < -0.4 is 5.32 Å². The number of halogens is 1. The highest BCUT2D eigenvalue weighted by Gasteiger charge is 2.47. The predicted octanol–water partition coefficient (Wildman–Crippen LogP) is 4.10. The van der Waals surface area contributed by atoms with E-state index in [4.69, 9.17) is 11.6 Å². The van der Waals surface area contributed by atoms with Crippen LogP contribution in [0.2, 0.25) is 5.02 Å².